The number of ether oxygens (including phenoxy) is 2. The molecule has 1 amide bonds. The van der Waals surface area contributed by atoms with Crippen molar-refractivity contribution in [1.82, 2.24) is 0 Å². The van der Waals surface area contributed by atoms with E-state index in [2.05, 4.69) is 19.8 Å². The SMILES string of the molecule is C#CCO[C@@H]1[C@H](C)[C@@H](CC)O[C@H]1[n+]1cccc(C(N)=O)c1.[Br-]. The van der Waals surface area contributed by atoms with Crippen LogP contribution in [0.4, 0.5) is 0 Å². The van der Waals surface area contributed by atoms with Gasteiger partial charge in [0.05, 0.1) is 6.10 Å². The summed E-state index contributed by atoms with van der Waals surface area (Å²) in [5, 5.41) is 0. The Bertz CT molecular complexity index is 559. The van der Waals surface area contributed by atoms with Crippen molar-refractivity contribution in [2.24, 2.45) is 11.7 Å². The number of pyridine rings is 1. The summed E-state index contributed by atoms with van der Waals surface area (Å²) < 4.78 is 13.7. The lowest BCUT2D eigenvalue weighted by atomic mass is 9.98. The predicted molar refractivity (Wildman–Crippen MR) is 77.1 cm³/mol. The summed E-state index contributed by atoms with van der Waals surface area (Å²) in [6, 6.07) is 3.44. The molecule has 0 bridgehead atoms. The fourth-order valence-electron chi connectivity index (χ4n) is 2.73. The van der Waals surface area contributed by atoms with Gasteiger partial charge < -0.3 is 32.2 Å². The third kappa shape index (κ3) is 3.86. The van der Waals surface area contributed by atoms with Crippen LogP contribution in [-0.4, -0.2) is 24.7 Å². The molecule has 0 saturated carbocycles. The van der Waals surface area contributed by atoms with E-state index in [4.69, 9.17) is 21.6 Å². The number of hydrogen-bond acceptors (Lipinski definition) is 3. The highest BCUT2D eigenvalue weighted by Crippen LogP contribution is 2.34. The van der Waals surface area contributed by atoms with E-state index in [0.29, 0.717) is 5.56 Å². The number of primary amides is 1. The van der Waals surface area contributed by atoms with Crippen molar-refractivity contribution in [1.29, 1.82) is 0 Å². The van der Waals surface area contributed by atoms with E-state index in [0.717, 1.165) is 6.42 Å². The minimum Gasteiger partial charge on any atom is -1.00 e. The van der Waals surface area contributed by atoms with Gasteiger partial charge in [0.15, 0.2) is 18.5 Å². The second-order valence-electron chi connectivity index (χ2n) is 5.22. The zero-order valence-corrected chi connectivity index (χ0v) is 14.3. The number of carbonyl (C=O) groups excluding carboxylic acids is 1. The summed E-state index contributed by atoms with van der Waals surface area (Å²) in [4.78, 5) is 11.3. The van der Waals surface area contributed by atoms with Gasteiger partial charge in [0.1, 0.15) is 12.2 Å². The topological polar surface area (TPSA) is 65.4 Å². The second-order valence-corrected chi connectivity index (χ2v) is 5.22. The molecular weight excluding hydrogens is 348 g/mol. The summed E-state index contributed by atoms with van der Waals surface area (Å²) >= 11 is 0. The van der Waals surface area contributed by atoms with Gasteiger partial charge in [0, 0.05) is 12.0 Å². The van der Waals surface area contributed by atoms with Crippen molar-refractivity contribution in [3.8, 4) is 12.3 Å². The number of halogens is 1. The van der Waals surface area contributed by atoms with Gasteiger partial charge >= 0.3 is 0 Å². The van der Waals surface area contributed by atoms with Crippen molar-refractivity contribution < 1.29 is 35.8 Å². The van der Waals surface area contributed by atoms with Crippen molar-refractivity contribution in [2.75, 3.05) is 6.61 Å². The molecule has 1 aliphatic heterocycles. The largest absolute Gasteiger partial charge is 1.00 e. The molecule has 5 nitrogen and oxygen atoms in total. The molecule has 0 unspecified atom stereocenters. The quantitative estimate of drug-likeness (QED) is 0.484. The van der Waals surface area contributed by atoms with E-state index in [1.165, 1.54) is 0 Å². The van der Waals surface area contributed by atoms with Crippen molar-refractivity contribution in [2.45, 2.75) is 38.7 Å². The molecule has 0 aromatic carbocycles. The van der Waals surface area contributed by atoms with Crippen molar-refractivity contribution >= 4 is 5.91 Å². The van der Waals surface area contributed by atoms with E-state index >= 15 is 0 Å². The monoisotopic (exact) mass is 368 g/mol. The molecule has 2 N–H and O–H groups in total. The molecule has 120 valence electrons. The van der Waals surface area contributed by atoms with Crippen LogP contribution in [0.15, 0.2) is 24.5 Å². The van der Waals surface area contributed by atoms with Gasteiger partial charge in [0.2, 0.25) is 0 Å². The third-order valence-corrected chi connectivity index (χ3v) is 3.86. The number of nitrogens with two attached hydrogens (primary N) is 1. The van der Waals surface area contributed by atoms with Crippen LogP contribution in [-0.2, 0) is 9.47 Å². The fraction of sp³-hybridized carbons (Fsp3) is 0.500. The van der Waals surface area contributed by atoms with Gasteiger partial charge in [-0.1, -0.05) is 19.8 Å². The van der Waals surface area contributed by atoms with Gasteiger partial charge in [-0.25, -0.2) is 0 Å². The average molecular weight is 369 g/mol. The minimum atomic E-state index is -0.469. The van der Waals surface area contributed by atoms with Crippen LogP contribution in [0, 0.1) is 18.3 Å². The number of amides is 1. The Morgan fingerprint density at radius 1 is 1.59 bits per heavy atom. The Balaban J connectivity index is 0.00000242. The Hall–Kier alpha value is -1.42. The van der Waals surface area contributed by atoms with E-state index < -0.39 is 5.91 Å². The summed E-state index contributed by atoms with van der Waals surface area (Å²) in [6.45, 7) is 4.40. The smallest absolute Gasteiger partial charge is 0.289 e. The van der Waals surface area contributed by atoms with Crippen molar-refractivity contribution in [3.05, 3.63) is 30.1 Å². The summed E-state index contributed by atoms with van der Waals surface area (Å²) in [6.07, 6.45) is 9.34. The zero-order valence-electron chi connectivity index (χ0n) is 12.7. The first kappa shape index (κ1) is 18.6. The molecule has 22 heavy (non-hydrogen) atoms. The number of aromatic nitrogens is 1. The van der Waals surface area contributed by atoms with Crippen LogP contribution in [0.1, 0.15) is 36.9 Å². The minimum absolute atomic E-state index is 0. The van der Waals surface area contributed by atoms with Gasteiger partial charge in [-0.15, -0.1) is 6.42 Å². The number of hydrogen-bond donors (Lipinski definition) is 1. The molecule has 1 fully saturated rings. The molecule has 6 heteroatoms. The van der Waals surface area contributed by atoms with Gasteiger partial charge in [-0.2, -0.15) is 4.57 Å². The molecule has 1 aromatic rings. The van der Waals surface area contributed by atoms with Gasteiger partial charge in [-0.05, 0) is 12.5 Å². The second kappa shape index (κ2) is 8.28. The Kier molecular flexibility index (Phi) is 7.01. The number of rotatable bonds is 5. The first-order valence-electron chi connectivity index (χ1n) is 7.09. The third-order valence-electron chi connectivity index (χ3n) is 3.86. The maximum absolute atomic E-state index is 11.3. The maximum atomic E-state index is 11.3. The standard InChI is InChI=1S/C16H20N2O3.BrH/c1-4-9-20-14-11(3)13(5-2)21-16(14)18-8-6-7-12(10-18)15(17)19;/h1,6-8,10-11,13-14,16H,5,9H2,2-3H3,(H-,17,19);1H/t11-,13-,14-,16-;/m1./s1. The predicted octanol–water partition coefficient (Wildman–Crippen LogP) is -1.96. The molecule has 2 rings (SSSR count). The first-order chi connectivity index (χ1) is 10.1. The van der Waals surface area contributed by atoms with Crippen LogP contribution in [0.25, 0.3) is 0 Å². The molecular formula is C16H21BrN2O3. The van der Waals surface area contributed by atoms with Gasteiger partial charge in [0.25, 0.3) is 12.1 Å². The van der Waals surface area contributed by atoms with E-state index in [-0.39, 0.29) is 47.9 Å². The van der Waals surface area contributed by atoms with E-state index in [1.54, 1.807) is 18.3 Å². The molecule has 0 aliphatic carbocycles. The maximum Gasteiger partial charge on any atom is 0.289 e. The first-order valence-corrected chi connectivity index (χ1v) is 7.09. The lowest BCUT2D eigenvalue weighted by Gasteiger charge is -2.17. The molecule has 1 aliphatic rings. The highest BCUT2D eigenvalue weighted by atomic mass is 79.9. The van der Waals surface area contributed by atoms with Crippen LogP contribution < -0.4 is 27.3 Å². The Morgan fingerprint density at radius 2 is 2.32 bits per heavy atom. The number of carbonyl (C=O) groups is 1. The Labute approximate surface area is 141 Å². The number of nitrogens with zero attached hydrogens (tertiary/aromatic N) is 1. The lowest BCUT2D eigenvalue weighted by molar-refractivity contribution is -0.766. The van der Waals surface area contributed by atoms with Crippen LogP contribution >= 0.6 is 0 Å². The highest BCUT2D eigenvalue weighted by Gasteiger charge is 2.47. The number of terminal acetylenes is 1. The zero-order chi connectivity index (χ0) is 15.4. The normalized spacial score (nSPS) is 27.0. The van der Waals surface area contributed by atoms with Crippen LogP contribution in [0.2, 0.25) is 0 Å². The van der Waals surface area contributed by atoms with Crippen molar-refractivity contribution in [3.63, 3.8) is 0 Å². The molecule has 1 aromatic heterocycles. The molecule has 1 saturated heterocycles. The Morgan fingerprint density at radius 3 is 2.91 bits per heavy atom. The van der Waals surface area contributed by atoms with Gasteiger partial charge in [-0.3, -0.25) is 4.79 Å². The fourth-order valence-corrected chi connectivity index (χ4v) is 2.73. The lowest BCUT2D eigenvalue weighted by Crippen LogP contribution is -3.00. The molecule has 0 spiro atoms. The summed E-state index contributed by atoms with van der Waals surface area (Å²) in [5.74, 6) is 2.24. The molecule has 0 radical (unpaired) electrons. The average Bonchev–Trinajstić information content (AvgIpc) is 2.81. The summed E-state index contributed by atoms with van der Waals surface area (Å²) in [7, 11) is 0. The highest BCUT2D eigenvalue weighted by molar-refractivity contribution is 5.92. The summed E-state index contributed by atoms with van der Waals surface area (Å²) in [5.41, 5.74) is 5.76. The van der Waals surface area contributed by atoms with Crippen LogP contribution in [0.3, 0.4) is 0 Å². The van der Waals surface area contributed by atoms with E-state index in [1.807, 2.05) is 10.8 Å². The van der Waals surface area contributed by atoms with Crippen LogP contribution in [0.5, 0.6) is 0 Å². The van der Waals surface area contributed by atoms with E-state index in [9.17, 15) is 4.79 Å². The molecule has 2 heterocycles. The molecule has 4 atom stereocenters.